The molecule has 0 aliphatic carbocycles. The lowest BCUT2D eigenvalue weighted by Gasteiger charge is -2.37. The van der Waals surface area contributed by atoms with Crippen molar-refractivity contribution in [3.8, 4) is 0 Å². The molecule has 1 aliphatic rings. The quantitative estimate of drug-likeness (QED) is 0.366. The molecule has 1 fully saturated rings. The Morgan fingerprint density at radius 2 is 1.78 bits per heavy atom. The minimum Gasteiger partial charge on any atom is -0.348 e. The number of anilines is 1. The number of nitrogens with one attached hydrogen (secondary N) is 3. The molecular weight excluding hydrogens is 539 g/mol. The van der Waals surface area contributed by atoms with Crippen LogP contribution in [0.15, 0.2) is 23.2 Å². The van der Waals surface area contributed by atoms with Crippen molar-refractivity contribution in [2.75, 3.05) is 18.4 Å². The van der Waals surface area contributed by atoms with E-state index < -0.39 is 72.9 Å². The van der Waals surface area contributed by atoms with Crippen LogP contribution in [0.3, 0.4) is 0 Å². The Morgan fingerprint density at radius 3 is 2.35 bits per heavy atom. The van der Waals surface area contributed by atoms with Crippen LogP contribution < -0.4 is 15.4 Å². The molecule has 202 valence electrons. The van der Waals surface area contributed by atoms with Crippen LogP contribution >= 0.6 is 11.6 Å². The van der Waals surface area contributed by atoms with Gasteiger partial charge in [-0.3, -0.25) is 14.4 Å². The van der Waals surface area contributed by atoms with Crippen LogP contribution in [0.2, 0.25) is 5.02 Å². The maximum atomic E-state index is 13.5. The number of aryl methyl sites for hydroxylation is 1. The molecule has 10 nitrogen and oxygen atoms in total. The highest BCUT2D eigenvalue weighted by Gasteiger charge is 2.35. The average Bonchev–Trinajstić information content (AvgIpc) is 3.11. The minimum atomic E-state index is -4.24. The second-order valence-corrected chi connectivity index (χ2v) is 10.6. The number of aromatic nitrogens is 1. The molecule has 3 rings (SSSR count). The fraction of sp³-hybridized carbons (Fsp3) is 0.409. The summed E-state index contributed by atoms with van der Waals surface area (Å²) in [6.07, 6.45) is 1.56. The average molecular weight is 564 g/mol. The van der Waals surface area contributed by atoms with E-state index >= 15 is 0 Å². The fourth-order valence-electron chi connectivity index (χ4n) is 4.06. The smallest absolute Gasteiger partial charge is 0.312 e. The number of halogens is 4. The highest BCUT2D eigenvalue weighted by molar-refractivity contribution is 7.89. The van der Waals surface area contributed by atoms with Gasteiger partial charge in [0.25, 0.3) is 5.91 Å². The van der Waals surface area contributed by atoms with Gasteiger partial charge in [-0.15, -0.1) is 0 Å². The first kappa shape index (κ1) is 28.5. The second kappa shape index (κ2) is 11.1. The summed E-state index contributed by atoms with van der Waals surface area (Å²) < 4.78 is 69.9. The van der Waals surface area contributed by atoms with Gasteiger partial charge in [0.15, 0.2) is 17.5 Å². The van der Waals surface area contributed by atoms with Gasteiger partial charge in [0.2, 0.25) is 10.0 Å². The summed E-state index contributed by atoms with van der Waals surface area (Å²) in [4.78, 5) is 37.8. The number of likely N-dealkylation sites (tertiary alicyclic amines) is 1. The standard InChI is InChI=1S/C22H25ClF3N5O5S/c1-4-27-21(33)22(34)31-6-5-12(7-11(31)2)29-37(35,36)16-10-30(3)19(17(16)23)20(32)28-13-8-14(24)18(26)15(25)9-13/h8-12,29H,4-7H2,1-3H3,(H,27,33)(H,28,32). The Morgan fingerprint density at radius 1 is 1.16 bits per heavy atom. The Kier molecular flexibility index (Phi) is 8.55. The number of hydrogen-bond acceptors (Lipinski definition) is 5. The maximum Gasteiger partial charge on any atom is 0.312 e. The van der Waals surface area contributed by atoms with Gasteiger partial charge in [-0.25, -0.2) is 26.3 Å². The minimum absolute atomic E-state index is 0.144. The number of hydrogen-bond donors (Lipinski definition) is 3. The third kappa shape index (κ3) is 6.08. The number of benzene rings is 1. The van der Waals surface area contributed by atoms with Crippen molar-refractivity contribution in [2.45, 2.75) is 43.7 Å². The van der Waals surface area contributed by atoms with E-state index in [9.17, 15) is 36.0 Å². The van der Waals surface area contributed by atoms with E-state index in [1.165, 1.54) is 11.9 Å². The number of rotatable bonds is 6. The first-order chi connectivity index (χ1) is 17.3. The van der Waals surface area contributed by atoms with Crippen LogP contribution in [0.1, 0.15) is 37.2 Å². The lowest BCUT2D eigenvalue weighted by atomic mass is 9.99. The summed E-state index contributed by atoms with van der Waals surface area (Å²) in [6.45, 7) is 3.81. The van der Waals surface area contributed by atoms with Gasteiger partial charge in [-0.2, -0.15) is 0 Å². The van der Waals surface area contributed by atoms with Gasteiger partial charge in [0, 0.05) is 56.2 Å². The van der Waals surface area contributed by atoms with Crippen LogP contribution in [-0.2, 0) is 26.7 Å². The van der Waals surface area contributed by atoms with E-state index in [0.717, 1.165) is 10.8 Å². The zero-order valence-electron chi connectivity index (χ0n) is 20.1. The van der Waals surface area contributed by atoms with Crippen molar-refractivity contribution in [3.05, 3.63) is 46.5 Å². The predicted octanol–water partition coefficient (Wildman–Crippen LogP) is 2.14. The SMILES string of the molecule is CCNC(=O)C(=O)N1CCC(NS(=O)(=O)c2cn(C)c(C(=O)Nc3cc(F)c(F)c(F)c3)c2Cl)CC1C. The number of sulfonamides is 1. The van der Waals surface area contributed by atoms with Crippen LogP contribution in [0.5, 0.6) is 0 Å². The van der Waals surface area contributed by atoms with Crippen molar-refractivity contribution in [2.24, 2.45) is 7.05 Å². The number of carbonyl (C=O) groups excluding carboxylic acids is 3. The van der Waals surface area contributed by atoms with Crippen LogP contribution in [0.25, 0.3) is 0 Å². The third-order valence-corrected chi connectivity index (χ3v) is 7.85. The van der Waals surface area contributed by atoms with Crippen molar-refractivity contribution < 1.29 is 36.0 Å². The molecule has 3 amide bonds. The summed E-state index contributed by atoms with van der Waals surface area (Å²) in [7, 11) is -2.89. The molecule has 37 heavy (non-hydrogen) atoms. The maximum absolute atomic E-state index is 13.5. The second-order valence-electron chi connectivity index (χ2n) is 8.52. The van der Waals surface area contributed by atoms with Gasteiger partial charge in [-0.05, 0) is 26.7 Å². The number of amides is 3. The molecule has 15 heteroatoms. The number of carbonyl (C=O) groups is 3. The van der Waals surface area contributed by atoms with Gasteiger partial charge >= 0.3 is 11.8 Å². The van der Waals surface area contributed by atoms with E-state index in [-0.39, 0.29) is 25.1 Å². The third-order valence-electron chi connectivity index (χ3n) is 5.82. The molecule has 2 atom stereocenters. The molecule has 0 saturated carbocycles. The molecule has 1 aromatic carbocycles. The monoisotopic (exact) mass is 563 g/mol. The van der Waals surface area contributed by atoms with Crippen molar-refractivity contribution in [1.82, 2.24) is 19.5 Å². The Labute approximate surface area is 216 Å². The van der Waals surface area contributed by atoms with Crippen molar-refractivity contribution >= 4 is 45.0 Å². The highest BCUT2D eigenvalue weighted by atomic mass is 35.5. The van der Waals surface area contributed by atoms with Crippen LogP contribution in [0, 0.1) is 17.5 Å². The lowest BCUT2D eigenvalue weighted by molar-refractivity contribution is -0.148. The molecule has 3 N–H and O–H groups in total. The lowest BCUT2D eigenvalue weighted by Crippen LogP contribution is -2.54. The van der Waals surface area contributed by atoms with E-state index in [4.69, 9.17) is 11.6 Å². The Hall–Kier alpha value is -3.10. The fourth-order valence-corrected chi connectivity index (χ4v) is 6.05. The normalized spacial score (nSPS) is 18.0. The zero-order valence-corrected chi connectivity index (χ0v) is 21.6. The molecule has 2 unspecified atom stereocenters. The Balaban J connectivity index is 1.74. The van der Waals surface area contributed by atoms with Gasteiger partial charge in [0.1, 0.15) is 10.6 Å². The molecule has 0 bridgehead atoms. The van der Waals surface area contributed by atoms with Gasteiger partial charge in [-0.1, -0.05) is 11.6 Å². The molecule has 0 radical (unpaired) electrons. The van der Waals surface area contributed by atoms with E-state index in [1.54, 1.807) is 13.8 Å². The number of piperidine rings is 1. The summed E-state index contributed by atoms with van der Waals surface area (Å²) >= 11 is 6.23. The summed E-state index contributed by atoms with van der Waals surface area (Å²) in [5, 5.41) is 4.16. The molecule has 0 spiro atoms. The number of nitrogens with zero attached hydrogens (tertiary/aromatic N) is 2. The van der Waals surface area contributed by atoms with Crippen LogP contribution in [-0.4, -0.2) is 60.8 Å². The molecule has 2 heterocycles. The molecule has 1 saturated heterocycles. The van der Waals surface area contributed by atoms with Crippen LogP contribution in [0.4, 0.5) is 18.9 Å². The summed E-state index contributed by atoms with van der Waals surface area (Å²) in [5.74, 6) is -7.16. The topological polar surface area (TPSA) is 130 Å². The van der Waals surface area contributed by atoms with E-state index in [0.29, 0.717) is 18.7 Å². The van der Waals surface area contributed by atoms with Gasteiger partial charge in [0.05, 0.1) is 5.02 Å². The molecule has 1 aromatic heterocycles. The largest absolute Gasteiger partial charge is 0.348 e. The van der Waals surface area contributed by atoms with Gasteiger partial charge < -0.3 is 20.1 Å². The van der Waals surface area contributed by atoms with E-state index in [2.05, 4.69) is 15.4 Å². The molecule has 1 aliphatic heterocycles. The Bertz CT molecular complexity index is 1330. The summed E-state index contributed by atoms with van der Waals surface area (Å²) in [6, 6.07) is 0.116. The first-order valence-electron chi connectivity index (χ1n) is 11.2. The zero-order chi connectivity index (χ0) is 27.7. The summed E-state index contributed by atoms with van der Waals surface area (Å²) in [5.41, 5.74) is -0.716. The van der Waals surface area contributed by atoms with E-state index in [1.807, 2.05) is 0 Å². The predicted molar refractivity (Wildman–Crippen MR) is 128 cm³/mol. The van der Waals surface area contributed by atoms with Crippen molar-refractivity contribution in [3.63, 3.8) is 0 Å². The highest BCUT2D eigenvalue weighted by Crippen LogP contribution is 2.29. The molecule has 2 aromatic rings. The first-order valence-corrected chi connectivity index (χ1v) is 13.0. The van der Waals surface area contributed by atoms with Crippen molar-refractivity contribution in [1.29, 1.82) is 0 Å². The number of likely N-dealkylation sites (N-methyl/N-ethyl adjacent to an activating group) is 1. The molecular formula is C22H25ClF3N5O5S.